The number of nitrogens with zero attached hydrogens (tertiary/aromatic N) is 3. The van der Waals surface area contributed by atoms with Gasteiger partial charge >= 0.3 is 18.1 Å². The normalized spacial score (nSPS) is 11.3. The Morgan fingerprint density at radius 3 is 2.44 bits per heavy atom. The summed E-state index contributed by atoms with van der Waals surface area (Å²) in [5.74, 6) is -1.75. The van der Waals surface area contributed by atoms with Gasteiger partial charge in [-0.1, -0.05) is 36.3 Å². The Labute approximate surface area is 152 Å². The van der Waals surface area contributed by atoms with Crippen LogP contribution in [0.25, 0.3) is 11.4 Å². The summed E-state index contributed by atoms with van der Waals surface area (Å²) in [6.45, 7) is 1.64. The number of rotatable bonds is 7. The number of ketones is 1. The zero-order valence-corrected chi connectivity index (χ0v) is 14.5. The number of hydrogen-bond donors (Lipinski definition) is 1. The highest BCUT2D eigenvalue weighted by molar-refractivity contribution is 5.84. The standard InChI is InChI=1S/C16H17F3N4O4/c1-3-12(24)8-20-15(25)23(26-2)9-10-4-6-11(7-5-10)13-21-14(27-22-13)16(17,18)19/h4-7H,3,8-9H2,1-2H3,(H,20,25). The summed E-state index contributed by atoms with van der Waals surface area (Å²) in [5.41, 5.74) is 0.956. The maximum atomic E-state index is 12.5. The van der Waals surface area contributed by atoms with Crippen molar-refractivity contribution in [3.63, 3.8) is 0 Å². The molecule has 0 spiro atoms. The number of halogens is 3. The molecule has 0 saturated heterocycles. The molecule has 0 radical (unpaired) electrons. The zero-order chi connectivity index (χ0) is 20.0. The van der Waals surface area contributed by atoms with Crippen LogP contribution < -0.4 is 5.32 Å². The number of aromatic nitrogens is 2. The second-order valence-electron chi connectivity index (χ2n) is 5.39. The number of Topliss-reactive ketones (excluding diaryl/α,β-unsaturated/α-hetero) is 1. The van der Waals surface area contributed by atoms with Gasteiger partial charge in [0, 0.05) is 12.0 Å². The number of benzene rings is 1. The first-order valence-corrected chi connectivity index (χ1v) is 7.86. The van der Waals surface area contributed by atoms with E-state index in [9.17, 15) is 22.8 Å². The fourth-order valence-corrected chi connectivity index (χ4v) is 1.99. The van der Waals surface area contributed by atoms with Crippen molar-refractivity contribution in [2.24, 2.45) is 0 Å². The molecule has 27 heavy (non-hydrogen) atoms. The van der Waals surface area contributed by atoms with Crippen LogP contribution in [0.4, 0.5) is 18.0 Å². The Morgan fingerprint density at radius 2 is 1.93 bits per heavy atom. The lowest BCUT2D eigenvalue weighted by atomic mass is 10.1. The van der Waals surface area contributed by atoms with Crippen LogP contribution >= 0.6 is 0 Å². The van der Waals surface area contributed by atoms with Gasteiger partial charge in [0.05, 0.1) is 20.2 Å². The maximum Gasteiger partial charge on any atom is 0.471 e. The Kier molecular flexibility index (Phi) is 6.50. The lowest BCUT2D eigenvalue weighted by Gasteiger charge is -2.20. The van der Waals surface area contributed by atoms with Gasteiger partial charge in [0.2, 0.25) is 5.82 Å². The van der Waals surface area contributed by atoms with Crippen molar-refractivity contribution < 1.29 is 32.1 Å². The fourth-order valence-electron chi connectivity index (χ4n) is 1.99. The summed E-state index contributed by atoms with van der Waals surface area (Å²) < 4.78 is 41.7. The van der Waals surface area contributed by atoms with Crippen molar-refractivity contribution in [2.45, 2.75) is 26.1 Å². The minimum Gasteiger partial charge on any atom is -0.329 e. The lowest BCUT2D eigenvalue weighted by molar-refractivity contribution is -0.159. The number of carbonyl (C=O) groups is 2. The van der Waals surface area contributed by atoms with E-state index in [1.807, 2.05) is 0 Å². The van der Waals surface area contributed by atoms with Crippen molar-refractivity contribution in [3.05, 3.63) is 35.7 Å². The predicted molar refractivity (Wildman–Crippen MR) is 86.0 cm³/mol. The van der Waals surface area contributed by atoms with Gasteiger partial charge in [0.15, 0.2) is 5.78 Å². The third-order valence-corrected chi connectivity index (χ3v) is 3.48. The molecule has 8 nitrogen and oxygen atoms in total. The molecule has 11 heteroatoms. The smallest absolute Gasteiger partial charge is 0.329 e. The summed E-state index contributed by atoms with van der Waals surface area (Å²) in [6, 6.07) is 5.56. The van der Waals surface area contributed by atoms with E-state index in [1.54, 1.807) is 19.1 Å². The molecule has 2 amide bonds. The Hall–Kier alpha value is -2.95. The van der Waals surface area contributed by atoms with Crippen molar-refractivity contribution in [1.29, 1.82) is 0 Å². The Balaban J connectivity index is 2.02. The van der Waals surface area contributed by atoms with Crippen molar-refractivity contribution in [1.82, 2.24) is 20.5 Å². The number of amides is 2. The quantitative estimate of drug-likeness (QED) is 0.735. The molecule has 0 saturated carbocycles. The average molecular weight is 386 g/mol. The summed E-state index contributed by atoms with van der Waals surface area (Å²) in [4.78, 5) is 31.5. The second kappa shape index (κ2) is 8.62. The van der Waals surface area contributed by atoms with Crippen LogP contribution in [0.15, 0.2) is 28.8 Å². The van der Waals surface area contributed by atoms with Crippen LogP contribution in [0.2, 0.25) is 0 Å². The van der Waals surface area contributed by atoms with Gasteiger partial charge in [0.1, 0.15) is 0 Å². The molecule has 1 aromatic heterocycles. The van der Waals surface area contributed by atoms with E-state index in [1.165, 1.54) is 19.2 Å². The first kappa shape index (κ1) is 20.4. The number of hydrogen-bond acceptors (Lipinski definition) is 6. The highest BCUT2D eigenvalue weighted by Gasteiger charge is 2.38. The molecule has 1 aromatic carbocycles. The molecule has 0 fully saturated rings. The highest BCUT2D eigenvalue weighted by atomic mass is 19.4. The van der Waals surface area contributed by atoms with Crippen LogP contribution in [0.3, 0.4) is 0 Å². The van der Waals surface area contributed by atoms with Crippen LogP contribution in [0.5, 0.6) is 0 Å². The Morgan fingerprint density at radius 1 is 1.26 bits per heavy atom. The van der Waals surface area contributed by atoms with Gasteiger partial charge in [-0.05, 0) is 5.56 Å². The molecule has 0 bridgehead atoms. The topological polar surface area (TPSA) is 97.6 Å². The number of hydroxylamine groups is 2. The summed E-state index contributed by atoms with van der Waals surface area (Å²) in [6.07, 6.45) is -4.41. The minimum absolute atomic E-state index is 0.0585. The van der Waals surface area contributed by atoms with Crippen LogP contribution in [0, 0.1) is 0 Å². The van der Waals surface area contributed by atoms with E-state index < -0.39 is 18.1 Å². The molecule has 146 valence electrons. The van der Waals surface area contributed by atoms with Crippen LogP contribution in [-0.2, 0) is 22.4 Å². The van der Waals surface area contributed by atoms with Crippen LogP contribution in [0.1, 0.15) is 24.8 Å². The molecule has 2 aromatic rings. The number of urea groups is 1. The first-order valence-electron chi connectivity index (χ1n) is 7.86. The summed E-state index contributed by atoms with van der Waals surface area (Å²) in [5, 5.41) is 6.74. The molecular formula is C16H17F3N4O4. The SMILES string of the molecule is CCC(=O)CNC(=O)N(Cc1ccc(-c2noc(C(F)(F)F)n2)cc1)OC. The van der Waals surface area contributed by atoms with Gasteiger partial charge in [-0.2, -0.15) is 23.2 Å². The molecule has 0 unspecified atom stereocenters. The van der Waals surface area contributed by atoms with Crippen LogP contribution in [-0.4, -0.2) is 40.7 Å². The number of alkyl halides is 3. The second-order valence-corrected chi connectivity index (χ2v) is 5.39. The largest absolute Gasteiger partial charge is 0.471 e. The van der Waals surface area contributed by atoms with Crippen molar-refractivity contribution in [2.75, 3.05) is 13.7 Å². The average Bonchev–Trinajstić information content (AvgIpc) is 3.15. The fraction of sp³-hybridized carbons (Fsp3) is 0.375. The van der Waals surface area contributed by atoms with Gasteiger partial charge < -0.3 is 9.84 Å². The molecule has 0 aliphatic carbocycles. The third kappa shape index (κ3) is 5.51. The van der Waals surface area contributed by atoms with E-state index in [0.29, 0.717) is 17.5 Å². The van der Waals surface area contributed by atoms with E-state index in [0.717, 1.165) is 5.06 Å². The molecule has 1 N–H and O–H groups in total. The molecule has 1 heterocycles. The highest BCUT2D eigenvalue weighted by Crippen LogP contribution is 2.29. The van der Waals surface area contributed by atoms with Gasteiger partial charge in [-0.3, -0.25) is 9.63 Å². The summed E-state index contributed by atoms with van der Waals surface area (Å²) >= 11 is 0. The summed E-state index contributed by atoms with van der Waals surface area (Å²) in [7, 11) is 1.30. The molecular weight excluding hydrogens is 369 g/mol. The van der Waals surface area contributed by atoms with Gasteiger partial charge in [0.25, 0.3) is 0 Å². The van der Waals surface area contributed by atoms with E-state index in [-0.39, 0.29) is 24.7 Å². The Bertz CT molecular complexity index is 790. The lowest BCUT2D eigenvalue weighted by Crippen LogP contribution is -2.40. The predicted octanol–water partition coefficient (Wildman–Crippen LogP) is 2.81. The minimum atomic E-state index is -4.71. The molecule has 2 rings (SSSR count). The van der Waals surface area contributed by atoms with Gasteiger partial charge in [-0.25, -0.2) is 4.79 Å². The van der Waals surface area contributed by atoms with Crippen molar-refractivity contribution >= 4 is 11.8 Å². The first-order chi connectivity index (χ1) is 12.7. The van der Waals surface area contributed by atoms with Crippen molar-refractivity contribution in [3.8, 4) is 11.4 Å². The van der Waals surface area contributed by atoms with E-state index in [4.69, 9.17) is 4.84 Å². The number of nitrogens with one attached hydrogen (secondary N) is 1. The maximum absolute atomic E-state index is 12.5. The van der Waals surface area contributed by atoms with E-state index in [2.05, 4.69) is 20.0 Å². The monoisotopic (exact) mass is 386 g/mol. The molecule has 0 aliphatic rings. The zero-order valence-electron chi connectivity index (χ0n) is 14.5. The molecule has 0 aliphatic heterocycles. The van der Waals surface area contributed by atoms with Gasteiger partial charge in [-0.15, -0.1) is 0 Å². The molecule has 0 atom stereocenters. The number of carbonyl (C=O) groups excluding carboxylic acids is 2. The third-order valence-electron chi connectivity index (χ3n) is 3.48. The van der Waals surface area contributed by atoms with E-state index >= 15 is 0 Å².